The molecule has 0 radical (unpaired) electrons. The smallest absolute Gasteiger partial charge is 0.419 e. The highest BCUT2D eigenvalue weighted by Gasteiger charge is 2.34. The van der Waals surface area contributed by atoms with Gasteiger partial charge in [0.1, 0.15) is 5.75 Å². The maximum atomic E-state index is 12.4. The lowest BCUT2D eigenvalue weighted by molar-refractivity contribution is -0.138. The standard InChI is InChI=1S/C10H5F3N2O/c11-10(12,13)8-3-6(1-2-14)7(5-15)4-9(8)16/h3-4,16H,1H2. The number of hydrogen-bond acceptors (Lipinski definition) is 3. The molecule has 0 bridgehead atoms. The normalized spacial score (nSPS) is 10.6. The van der Waals surface area contributed by atoms with Crippen molar-refractivity contribution in [2.24, 2.45) is 0 Å². The molecule has 1 aromatic rings. The molecule has 82 valence electrons. The van der Waals surface area contributed by atoms with Crippen molar-refractivity contribution in [1.29, 1.82) is 10.5 Å². The lowest BCUT2D eigenvalue weighted by atomic mass is 10.0. The van der Waals surface area contributed by atoms with Gasteiger partial charge < -0.3 is 5.11 Å². The maximum Gasteiger partial charge on any atom is 0.419 e. The molecule has 0 aliphatic rings. The fourth-order valence-electron chi connectivity index (χ4n) is 1.20. The molecule has 0 fully saturated rings. The summed E-state index contributed by atoms with van der Waals surface area (Å²) in [6, 6.07) is 4.62. The van der Waals surface area contributed by atoms with Gasteiger partial charge in [0, 0.05) is 0 Å². The molecule has 0 aliphatic heterocycles. The monoisotopic (exact) mass is 226 g/mol. The van der Waals surface area contributed by atoms with Gasteiger partial charge in [-0.15, -0.1) is 0 Å². The molecule has 0 aliphatic carbocycles. The molecule has 0 aromatic heterocycles. The predicted octanol–water partition coefficient (Wildman–Crippen LogP) is 2.35. The number of hydrogen-bond donors (Lipinski definition) is 1. The zero-order valence-corrected chi connectivity index (χ0v) is 7.84. The van der Waals surface area contributed by atoms with Gasteiger partial charge in [0.25, 0.3) is 0 Å². The minimum Gasteiger partial charge on any atom is -0.507 e. The van der Waals surface area contributed by atoms with E-state index in [4.69, 9.17) is 15.6 Å². The van der Waals surface area contributed by atoms with Gasteiger partial charge in [-0.05, 0) is 17.7 Å². The molecule has 6 heteroatoms. The number of nitriles is 2. The fraction of sp³-hybridized carbons (Fsp3) is 0.200. The summed E-state index contributed by atoms with van der Waals surface area (Å²) in [7, 11) is 0. The Bertz CT molecular complexity index is 495. The summed E-state index contributed by atoms with van der Waals surface area (Å²) in [4.78, 5) is 0. The fourth-order valence-corrected chi connectivity index (χ4v) is 1.20. The van der Waals surface area contributed by atoms with E-state index in [-0.39, 0.29) is 17.5 Å². The molecule has 1 rings (SSSR count). The Kier molecular flexibility index (Phi) is 3.05. The van der Waals surface area contributed by atoms with E-state index in [0.717, 1.165) is 6.07 Å². The summed E-state index contributed by atoms with van der Waals surface area (Å²) in [5.41, 5.74) is -1.42. The summed E-state index contributed by atoms with van der Waals surface area (Å²) in [5.74, 6) is -1.01. The maximum absolute atomic E-state index is 12.4. The van der Waals surface area contributed by atoms with Crippen LogP contribution in [0.15, 0.2) is 12.1 Å². The average Bonchev–Trinajstić information content (AvgIpc) is 2.18. The first-order valence-electron chi connectivity index (χ1n) is 4.10. The summed E-state index contributed by atoms with van der Waals surface area (Å²) < 4.78 is 37.1. The number of aromatic hydroxyl groups is 1. The SMILES string of the molecule is N#CCc1cc(C(F)(F)F)c(O)cc1C#N. The zero-order valence-electron chi connectivity index (χ0n) is 7.84. The van der Waals surface area contributed by atoms with Crippen molar-refractivity contribution in [1.82, 2.24) is 0 Å². The van der Waals surface area contributed by atoms with Crippen LogP contribution in [0.1, 0.15) is 16.7 Å². The van der Waals surface area contributed by atoms with Crippen LogP contribution in [0.4, 0.5) is 13.2 Å². The van der Waals surface area contributed by atoms with Crippen LogP contribution in [0.2, 0.25) is 0 Å². The highest BCUT2D eigenvalue weighted by atomic mass is 19.4. The van der Waals surface area contributed by atoms with Crippen LogP contribution in [-0.2, 0) is 12.6 Å². The number of benzene rings is 1. The number of halogens is 3. The number of rotatable bonds is 1. The lowest BCUT2D eigenvalue weighted by Gasteiger charge is -2.10. The first kappa shape index (κ1) is 11.9. The van der Waals surface area contributed by atoms with E-state index in [0.29, 0.717) is 6.07 Å². The Morgan fingerprint density at radius 3 is 2.31 bits per heavy atom. The van der Waals surface area contributed by atoms with Gasteiger partial charge in [-0.25, -0.2) is 0 Å². The number of alkyl halides is 3. The van der Waals surface area contributed by atoms with E-state index >= 15 is 0 Å². The predicted molar refractivity (Wildman–Crippen MR) is 47.1 cm³/mol. The molecule has 3 nitrogen and oxygen atoms in total. The van der Waals surface area contributed by atoms with Crippen LogP contribution in [0.3, 0.4) is 0 Å². The Morgan fingerprint density at radius 1 is 1.25 bits per heavy atom. The number of phenols is 1. The third kappa shape index (κ3) is 2.23. The minimum absolute atomic E-state index is 0.0462. The van der Waals surface area contributed by atoms with Gasteiger partial charge in [-0.3, -0.25) is 0 Å². The zero-order chi connectivity index (χ0) is 12.3. The van der Waals surface area contributed by atoms with Crippen molar-refractivity contribution in [2.75, 3.05) is 0 Å². The second kappa shape index (κ2) is 4.11. The van der Waals surface area contributed by atoms with Gasteiger partial charge in [0.2, 0.25) is 0 Å². The van der Waals surface area contributed by atoms with Crippen molar-refractivity contribution in [3.05, 3.63) is 28.8 Å². The molecule has 0 saturated carbocycles. The highest BCUT2D eigenvalue weighted by molar-refractivity contribution is 5.49. The van der Waals surface area contributed by atoms with E-state index in [1.165, 1.54) is 0 Å². The van der Waals surface area contributed by atoms with E-state index in [2.05, 4.69) is 0 Å². The topological polar surface area (TPSA) is 67.8 Å². The molecular weight excluding hydrogens is 221 g/mol. The van der Waals surface area contributed by atoms with Gasteiger partial charge in [-0.1, -0.05) is 0 Å². The molecule has 0 atom stereocenters. The Labute approximate surface area is 89.0 Å². The number of nitrogens with zero attached hydrogens (tertiary/aromatic N) is 2. The summed E-state index contributed by atoms with van der Waals surface area (Å²) in [6.45, 7) is 0. The molecule has 0 unspecified atom stereocenters. The highest BCUT2D eigenvalue weighted by Crippen LogP contribution is 2.37. The van der Waals surface area contributed by atoms with Gasteiger partial charge in [0.05, 0.1) is 29.7 Å². The molecule has 0 amide bonds. The summed E-state index contributed by atoms with van der Waals surface area (Å²) >= 11 is 0. The van der Waals surface area contributed by atoms with E-state index < -0.39 is 17.5 Å². The molecule has 1 N–H and O–H groups in total. The Morgan fingerprint density at radius 2 is 1.88 bits per heavy atom. The third-order valence-electron chi connectivity index (χ3n) is 1.92. The van der Waals surface area contributed by atoms with Gasteiger partial charge >= 0.3 is 6.18 Å². The van der Waals surface area contributed by atoms with Crippen molar-refractivity contribution >= 4 is 0 Å². The largest absolute Gasteiger partial charge is 0.507 e. The third-order valence-corrected chi connectivity index (χ3v) is 1.92. The number of phenolic OH excluding ortho intramolecular Hbond substituents is 1. The molecule has 1 aromatic carbocycles. The summed E-state index contributed by atoms with van der Waals surface area (Å²) in [5, 5.41) is 26.1. The summed E-state index contributed by atoms with van der Waals surface area (Å²) in [6.07, 6.45) is -5.02. The Hall–Kier alpha value is -2.21. The van der Waals surface area contributed by atoms with E-state index in [9.17, 15) is 13.2 Å². The van der Waals surface area contributed by atoms with E-state index in [1.807, 2.05) is 0 Å². The van der Waals surface area contributed by atoms with Gasteiger partial charge in [0.15, 0.2) is 0 Å². The van der Waals surface area contributed by atoms with Crippen LogP contribution in [0.5, 0.6) is 5.75 Å². The van der Waals surface area contributed by atoms with Crippen molar-refractivity contribution in [2.45, 2.75) is 12.6 Å². The first-order valence-corrected chi connectivity index (χ1v) is 4.10. The van der Waals surface area contributed by atoms with Crippen molar-refractivity contribution in [3.8, 4) is 17.9 Å². The van der Waals surface area contributed by atoms with Crippen LogP contribution < -0.4 is 0 Å². The molecule has 0 saturated heterocycles. The minimum atomic E-state index is -4.71. The van der Waals surface area contributed by atoms with Crippen LogP contribution in [0.25, 0.3) is 0 Å². The second-order valence-electron chi connectivity index (χ2n) is 2.97. The first-order chi connectivity index (χ1) is 7.40. The molecular formula is C10H5F3N2O. The molecule has 0 spiro atoms. The van der Waals surface area contributed by atoms with Crippen LogP contribution in [0, 0.1) is 22.7 Å². The van der Waals surface area contributed by atoms with Gasteiger partial charge in [-0.2, -0.15) is 23.7 Å². The quantitative estimate of drug-likeness (QED) is 0.799. The van der Waals surface area contributed by atoms with Crippen molar-refractivity contribution in [3.63, 3.8) is 0 Å². The lowest BCUT2D eigenvalue weighted by Crippen LogP contribution is -2.07. The Balaban J connectivity index is 3.42. The second-order valence-corrected chi connectivity index (χ2v) is 2.97. The van der Waals surface area contributed by atoms with Crippen molar-refractivity contribution < 1.29 is 18.3 Å². The average molecular weight is 226 g/mol. The van der Waals surface area contributed by atoms with Crippen LogP contribution in [-0.4, -0.2) is 5.11 Å². The molecule has 16 heavy (non-hydrogen) atoms. The molecule has 0 heterocycles. The van der Waals surface area contributed by atoms with E-state index in [1.54, 1.807) is 12.1 Å². The van der Waals surface area contributed by atoms with Crippen LogP contribution >= 0.6 is 0 Å².